The summed E-state index contributed by atoms with van der Waals surface area (Å²) in [6.45, 7) is 0. The predicted octanol–water partition coefficient (Wildman–Crippen LogP) is 1.89. The number of hydrogen-bond acceptors (Lipinski definition) is 2. The molecular weight excluding hydrogens is 180 g/mol. The van der Waals surface area contributed by atoms with Crippen LogP contribution in [0.15, 0.2) is 22.9 Å². The summed E-state index contributed by atoms with van der Waals surface area (Å²) in [6.07, 6.45) is -0.153. The molecule has 0 amide bonds. The van der Waals surface area contributed by atoms with E-state index in [2.05, 4.69) is 26.2 Å². The van der Waals surface area contributed by atoms with Crippen molar-refractivity contribution in [3.8, 4) is 0 Å². The van der Waals surface area contributed by atoms with Crippen LogP contribution < -0.4 is 5.32 Å². The van der Waals surface area contributed by atoms with Crippen molar-refractivity contribution in [1.82, 2.24) is 4.98 Å². The zero-order valence-corrected chi connectivity index (χ0v) is 6.41. The van der Waals surface area contributed by atoms with Gasteiger partial charge >= 0.3 is 0 Å². The number of pyridine rings is 1. The van der Waals surface area contributed by atoms with Crippen LogP contribution >= 0.6 is 15.9 Å². The fourth-order valence-electron chi connectivity index (χ4n) is 0.417. The van der Waals surface area contributed by atoms with Crippen LogP contribution in [0, 0.1) is 0 Å². The van der Waals surface area contributed by atoms with Crippen molar-refractivity contribution in [1.29, 1.82) is 0 Å². The summed E-state index contributed by atoms with van der Waals surface area (Å²) in [6, 6.07) is 0.0995. The molecule has 0 aliphatic carbocycles. The van der Waals surface area contributed by atoms with Crippen molar-refractivity contribution in [2.24, 2.45) is 0 Å². The first-order valence-corrected chi connectivity index (χ1v) is 3.18. The Labute approximate surface area is 66.6 Å². The van der Waals surface area contributed by atoms with Gasteiger partial charge in [-0.1, -0.05) is 0 Å². The topological polar surface area (TPSA) is 24.9 Å². The Kier molecular flexibility index (Phi) is 1.12. The van der Waals surface area contributed by atoms with Crippen molar-refractivity contribution in [3.05, 3.63) is 22.9 Å². The van der Waals surface area contributed by atoms with Gasteiger partial charge in [-0.25, -0.2) is 0 Å². The van der Waals surface area contributed by atoms with Gasteiger partial charge in [-0.2, -0.15) is 0 Å². The molecule has 0 atom stereocenters. The number of aromatic nitrogens is 1. The van der Waals surface area contributed by atoms with E-state index in [0.29, 0.717) is 10.2 Å². The summed E-state index contributed by atoms with van der Waals surface area (Å²) >= 11 is 3.04. The summed E-state index contributed by atoms with van der Waals surface area (Å²) in [5, 5.41) is 2.68. The van der Waals surface area contributed by atoms with E-state index >= 15 is 0 Å². The van der Waals surface area contributed by atoms with Crippen molar-refractivity contribution in [2.75, 3.05) is 12.4 Å². The molecule has 1 heterocycles. The number of nitrogens with one attached hydrogen (secondary N) is 1. The van der Waals surface area contributed by atoms with Gasteiger partial charge in [0.05, 0.1) is 16.0 Å². The molecule has 3 heteroatoms. The van der Waals surface area contributed by atoms with Gasteiger partial charge in [-0.3, -0.25) is 4.98 Å². The lowest BCUT2D eigenvalue weighted by molar-refractivity contribution is 1.29. The Hall–Kier alpha value is -0.570. The number of anilines is 1. The second-order valence-electron chi connectivity index (χ2n) is 1.40. The molecular formula is C6H7BrN2. The molecule has 9 heavy (non-hydrogen) atoms. The average molecular weight is 190 g/mol. The van der Waals surface area contributed by atoms with E-state index in [-0.39, 0.29) is 18.4 Å². The lowest BCUT2D eigenvalue weighted by atomic mass is 10.4. The van der Waals surface area contributed by atoms with E-state index in [0.717, 1.165) is 0 Å². The van der Waals surface area contributed by atoms with Crippen molar-refractivity contribution in [3.63, 3.8) is 0 Å². The van der Waals surface area contributed by atoms with Gasteiger partial charge in [0.2, 0.25) is 0 Å². The maximum Gasteiger partial charge on any atom is 0.0862 e. The normalized spacial score (nSPS) is 13.8. The Morgan fingerprint density at radius 2 is 2.56 bits per heavy atom. The highest BCUT2D eigenvalue weighted by atomic mass is 79.9. The molecule has 0 aliphatic heterocycles. The molecule has 1 aromatic heterocycles. The van der Waals surface area contributed by atoms with Crippen molar-refractivity contribution >= 4 is 21.6 Å². The SMILES string of the molecule is [2H]c1nc([2H])c(NC)c([2H])c1Br. The van der Waals surface area contributed by atoms with E-state index in [1.165, 1.54) is 0 Å². The third kappa shape index (κ3) is 1.68. The highest BCUT2D eigenvalue weighted by molar-refractivity contribution is 9.10. The predicted molar refractivity (Wildman–Crippen MR) is 41.5 cm³/mol. The van der Waals surface area contributed by atoms with Crippen LogP contribution in [0.5, 0.6) is 0 Å². The van der Waals surface area contributed by atoms with Crippen LogP contribution in [0.3, 0.4) is 0 Å². The quantitative estimate of drug-likeness (QED) is 0.731. The number of rotatable bonds is 1. The minimum atomic E-state index is -0.0796. The lowest BCUT2D eigenvalue weighted by Gasteiger charge is -1.96. The smallest absolute Gasteiger partial charge is 0.0862 e. The molecule has 1 aromatic rings. The summed E-state index contributed by atoms with van der Waals surface area (Å²) in [5.41, 5.74) is 0.331. The standard InChI is InChI=1S/C6H7BrN2/c1-8-6-2-5(7)3-9-4-6/h2-4,8H,1H3/i2D,3D,4D. The largest absolute Gasteiger partial charge is 0.387 e. The Bertz CT molecular complexity index is 316. The lowest BCUT2D eigenvalue weighted by Crippen LogP contribution is -1.87. The maximum absolute atomic E-state index is 7.49. The van der Waals surface area contributed by atoms with Crippen molar-refractivity contribution in [2.45, 2.75) is 0 Å². The van der Waals surface area contributed by atoms with Gasteiger partial charge in [0.25, 0.3) is 0 Å². The fourth-order valence-corrected chi connectivity index (χ4v) is 0.704. The van der Waals surface area contributed by atoms with Gasteiger partial charge in [-0.05, 0) is 22.0 Å². The molecule has 0 saturated carbocycles. The monoisotopic (exact) mass is 189 g/mol. The van der Waals surface area contributed by atoms with Gasteiger partial charge < -0.3 is 5.32 Å². The summed E-state index contributed by atoms with van der Waals surface area (Å²) < 4.78 is 22.4. The summed E-state index contributed by atoms with van der Waals surface area (Å²) in [7, 11) is 1.61. The summed E-state index contributed by atoms with van der Waals surface area (Å²) in [4.78, 5) is 3.61. The Morgan fingerprint density at radius 3 is 3.22 bits per heavy atom. The van der Waals surface area contributed by atoms with Crippen molar-refractivity contribution < 1.29 is 4.11 Å². The van der Waals surface area contributed by atoms with Gasteiger partial charge in [-0.15, -0.1) is 0 Å². The number of hydrogen-bond donors (Lipinski definition) is 1. The molecule has 0 fully saturated rings. The molecule has 2 nitrogen and oxygen atoms in total. The van der Waals surface area contributed by atoms with Crippen LogP contribution in [-0.4, -0.2) is 12.0 Å². The van der Waals surface area contributed by atoms with E-state index < -0.39 is 0 Å². The fraction of sp³-hybridized carbons (Fsp3) is 0.167. The zero-order chi connectivity index (χ0) is 9.30. The average Bonchev–Trinajstić information content (AvgIpc) is 2.01. The van der Waals surface area contributed by atoms with E-state index in [4.69, 9.17) is 4.11 Å². The van der Waals surface area contributed by atoms with E-state index in [9.17, 15) is 0 Å². The van der Waals surface area contributed by atoms with Crippen LogP contribution in [0.4, 0.5) is 5.69 Å². The molecule has 0 aliphatic rings. The second kappa shape index (κ2) is 2.82. The zero-order valence-electron chi connectivity index (χ0n) is 7.83. The molecule has 0 spiro atoms. The van der Waals surface area contributed by atoms with Crippen LogP contribution in [0.25, 0.3) is 0 Å². The maximum atomic E-state index is 7.49. The third-order valence-corrected chi connectivity index (χ3v) is 1.18. The van der Waals surface area contributed by atoms with E-state index in [1.807, 2.05) is 0 Å². The van der Waals surface area contributed by atoms with Crippen LogP contribution in [0.2, 0.25) is 0 Å². The molecule has 1 rings (SSSR count). The van der Waals surface area contributed by atoms with Gasteiger partial charge in [0.15, 0.2) is 0 Å². The minimum Gasteiger partial charge on any atom is -0.387 e. The van der Waals surface area contributed by atoms with Gasteiger partial charge in [0, 0.05) is 17.7 Å². The number of halogens is 1. The first kappa shape index (κ1) is 3.56. The molecule has 48 valence electrons. The summed E-state index contributed by atoms with van der Waals surface area (Å²) in [5.74, 6) is 0. The molecule has 1 N–H and O–H groups in total. The van der Waals surface area contributed by atoms with Gasteiger partial charge in [0.1, 0.15) is 0 Å². The molecule has 0 bridgehead atoms. The third-order valence-electron chi connectivity index (χ3n) is 0.807. The first-order valence-electron chi connectivity index (χ1n) is 3.89. The minimum absolute atomic E-state index is 0.0734. The van der Waals surface area contributed by atoms with Crippen LogP contribution in [-0.2, 0) is 0 Å². The highest BCUT2D eigenvalue weighted by Gasteiger charge is 1.87. The van der Waals surface area contributed by atoms with E-state index in [1.54, 1.807) is 7.05 Å². The molecule has 0 unspecified atom stereocenters. The van der Waals surface area contributed by atoms with Crippen LogP contribution in [0.1, 0.15) is 4.11 Å². The highest BCUT2D eigenvalue weighted by Crippen LogP contribution is 2.12. The number of nitrogens with zero attached hydrogens (tertiary/aromatic N) is 1. The second-order valence-corrected chi connectivity index (χ2v) is 2.19. The molecule has 0 saturated heterocycles. The first-order chi connectivity index (χ1) is 5.57. The molecule has 0 radical (unpaired) electrons. The molecule has 0 aromatic carbocycles. The Balaban J connectivity index is 3.40. The Morgan fingerprint density at radius 1 is 1.78 bits per heavy atom.